The standard InChI is InChI=1S/C9H18NO/c1-3-10(2)6-4-9(8-11)5-7-10/h8-9H,3-7H2,1-2H3/q+1. The molecular formula is C9H18NO+. The molecule has 0 radical (unpaired) electrons. The monoisotopic (exact) mass is 156 g/mol. The van der Waals surface area contributed by atoms with Gasteiger partial charge in [0, 0.05) is 18.8 Å². The van der Waals surface area contributed by atoms with E-state index >= 15 is 0 Å². The lowest BCUT2D eigenvalue weighted by Gasteiger charge is -2.38. The van der Waals surface area contributed by atoms with Crippen LogP contribution in [-0.2, 0) is 4.79 Å². The zero-order valence-electron chi connectivity index (χ0n) is 7.55. The fraction of sp³-hybridized carbons (Fsp3) is 0.889. The van der Waals surface area contributed by atoms with E-state index in [4.69, 9.17) is 0 Å². The van der Waals surface area contributed by atoms with Crippen molar-refractivity contribution in [1.82, 2.24) is 0 Å². The fourth-order valence-corrected chi connectivity index (χ4v) is 1.66. The smallest absolute Gasteiger partial charge is 0.123 e. The van der Waals surface area contributed by atoms with Crippen LogP contribution >= 0.6 is 0 Å². The molecule has 0 unspecified atom stereocenters. The number of aldehydes is 1. The molecule has 0 amide bonds. The zero-order valence-corrected chi connectivity index (χ0v) is 7.55. The first-order valence-electron chi connectivity index (χ1n) is 4.49. The highest BCUT2D eigenvalue weighted by molar-refractivity contribution is 5.53. The van der Waals surface area contributed by atoms with Crippen molar-refractivity contribution >= 4 is 6.29 Å². The summed E-state index contributed by atoms with van der Waals surface area (Å²) in [6.45, 7) is 5.78. The van der Waals surface area contributed by atoms with Crippen LogP contribution in [0.15, 0.2) is 0 Å². The lowest BCUT2D eigenvalue weighted by atomic mass is 9.97. The van der Waals surface area contributed by atoms with Crippen LogP contribution in [0.25, 0.3) is 0 Å². The van der Waals surface area contributed by atoms with Crippen molar-refractivity contribution in [2.45, 2.75) is 19.8 Å². The highest BCUT2D eigenvalue weighted by Gasteiger charge is 2.27. The van der Waals surface area contributed by atoms with E-state index in [1.807, 2.05) is 0 Å². The molecule has 0 aromatic carbocycles. The fourth-order valence-electron chi connectivity index (χ4n) is 1.66. The maximum absolute atomic E-state index is 10.5. The molecule has 1 saturated heterocycles. The number of quaternary nitrogens is 1. The van der Waals surface area contributed by atoms with Crippen LogP contribution < -0.4 is 0 Å². The van der Waals surface area contributed by atoms with Crippen LogP contribution in [0.1, 0.15) is 19.8 Å². The lowest BCUT2D eigenvalue weighted by molar-refractivity contribution is -0.913. The molecule has 2 nitrogen and oxygen atoms in total. The molecule has 1 aliphatic heterocycles. The molecule has 1 fully saturated rings. The Morgan fingerprint density at radius 2 is 2.00 bits per heavy atom. The Hall–Kier alpha value is -0.370. The average Bonchev–Trinajstić information content (AvgIpc) is 2.06. The van der Waals surface area contributed by atoms with Gasteiger partial charge < -0.3 is 9.28 Å². The predicted octanol–water partition coefficient (Wildman–Crippen LogP) is 1.06. The van der Waals surface area contributed by atoms with E-state index in [-0.39, 0.29) is 0 Å². The molecule has 1 rings (SSSR count). The third-order valence-electron chi connectivity index (χ3n) is 3.04. The van der Waals surface area contributed by atoms with Crippen LogP contribution in [0, 0.1) is 5.92 Å². The van der Waals surface area contributed by atoms with Crippen molar-refractivity contribution in [3.05, 3.63) is 0 Å². The summed E-state index contributed by atoms with van der Waals surface area (Å²) in [7, 11) is 2.28. The zero-order chi connectivity index (χ0) is 8.32. The molecule has 11 heavy (non-hydrogen) atoms. The molecular weight excluding hydrogens is 138 g/mol. The second-order valence-corrected chi connectivity index (χ2v) is 3.86. The van der Waals surface area contributed by atoms with Crippen molar-refractivity contribution in [3.8, 4) is 0 Å². The summed E-state index contributed by atoms with van der Waals surface area (Å²) < 4.78 is 1.16. The van der Waals surface area contributed by atoms with Crippen LogP contribution in [0.5, 0.6) is 0 Å². The summed E-state index contributed by atoms with van der Waals surface area (Å²) in [5.41, 5.74) is 0. The molecule has 0 spiro atoms. The Kier molecular flexibility index (Phi) is 2.66. The molecule has 0 bridgehead atoms. The van der Waals surface area contributed by atoms with Gasteiger partial charge in [-0.1, -0.05) is 0 Å². The van der Waals surface area contributed by atoms with E-state index in [2.05, 4.69) is 14.0 Å². The Morgan fingerprint density at radius 3 is 2.36 bits per heavy atom. The maximum Gasteiger partial charge on any atom is 0.123 e. The molecule has 0 saturated carbocycles. The average molecular weight is 156 g/mol. The third-order valence-corrected chi connectivity index (χ3v) is 3.04. The molecule has 64 valence electrons. The number of carbonyl (C=O) groups excluding carboxylic acids is 1. The van der Waals surface area contributed by atoms with Crippen molar-refractivity contribution in [1.29, 1.82) is 0 Å². The number of likely N-dealkylation sites (tertiary alicyclic amines) is 1. The van der Waals surface area contributed by atoms with E-state index in [1.54, 1.807) is 0 Å². The van der Waals surface area contributed by atoms with Gasteiger partial charge in [-0.15, -0.1) is 0 Å². The highest BCUT2D eigenvalue weighted by Crippen LogP contribution is 2.19. The lowest BCUT2D eigenvalue weighted by Crippen LogP contribution is -2.49. The largest absolute Gasteiger partial charge is 0.326 e. The first-order chi connectivity index (χ1) is 5.20. The second-order valence-electron chi connectivity index (χ2n) is 3.86. The molecule has 0 aromatic rings. The van der Waals surface area contributed by atoms with Gasteiger partial charge in [0.15, 0.2) is 0 Å². The summed E-state index contributed by atoms with van der Waals surface area (Å²) in [6, 6.07) is 0. The number of rotatable bonds is 2. The van der Waals surface area contributed by atoms with Crippen molar-refractivity contribution in [2.75, 3.05) is 26.7 Å². The van der Waals surface area contributed by atoms with E-state index in [9.17, 15) is 4.79 Å². The van der Waals surface area contributed by atoms with E-state index in [0.717, 1.165) is 23.6 Å². The quantitative estimate of drug-likeness (QED) is 0.431. The van der Waals surface area contributed by atoms with E-state index < -0.39 is 0 Å². The van der Waals surface area contributed by atoms with Gasteiger partial charge >= 0.3 is 0 Å². The van der Waals surface area contributed by atoms with Crippen LogP contribution in [0.4, 0.5) is 0 Å². The summed E-state index contributed by atoms with van der Waals surface area (Å²) in [4.78, 5) is 10.5. The van der Waals surface area contributed by atoms with Gasteiger partial charge in [-0.05, 0) is 6.92 Å². The Balaban J connectivity index is 2.40. The number of hydrogen-bond donors (Lipinski definition) is 0. The van der Waals surface area contributed by atoms with Gasteiger partial charge in [0.05, 0.1) is 26.7 Å². The minimum absolute atomic E-state index is 0.354. The molecule has 0 atom stereocenters. The van der Waals surface area contributed by atoms with Gasteiger partial charge in [0.1, 0.15) is 6.29 Å². The van der Waals surface area contributed by atoms with Crippen LogP contribution in [0.2, 0.25) is 0 Å². The van der Waals surface area contributed by atoms with Crippen molar-refractivity contribution < 1.29 is 9.28 Å². The Bertz CT molecular complexity index is 136. The minimum atomic E-state index is 0.354. The van der Waals surface area contributed by atoms with Gasteiger partial charge in [-0.2, -0.15) is 0 Å². The maximum atomic E-state index is 10.5. The second kappa shape index (κ2) is 3.35. The Labute approximate surface area is 68.8 Å². The minimum Gasteiger partial charge on any atom is -0.326 e. The molecule has 1 aliphatic rings. The number of nitrogens with zero attached hydrogens (tertiary/aromatic N) is 1. The molecule has 0 aliphatic carbocycles. The van der Waals surface area contributed by atoms with Crippen LogP contribution in [-0.4, -0.2) is 37.5 Å². The normalized spacial score (nSPS) is 38.5. The number of piperidine rings is 1. The molecule has 0 aromatic heterocycles. The SMILES string of the molecule is CC[N+]1(C)CCC(C=O)CC1. The molecule has 2 heteroatoms. The third kappa shape index (κ3) is 2.03. The highest BCUT2D eigenvalue weighted by atomic mass is 16.1. The summed E-state index contributed by atoms with van der Waals surface area (Å²) in [5, 5.41) is 0. The topological polar surface area (TPSA) is 17.1 Å². The van der Waals surface area contributed by atoms with Crippen molar-refractivity contribution in [2.24, 2.45) is 5.92 Å². The molecule has 0 N–H and O–H groups in total. The van der Waals surface area contributed by atoms with Gasteiger partial charge in [-0.3, -0.25) is 0 Å². The van der Waals surface area contributed by atoms with Gasteiger partial charge in [0.2, 0.25) is 0 Å². The summed E-state index contributed by atoms with van der Waals surface area (Å²) in [6.07, 6.45) is 3.31. The van der Waals surface area contributed by atoms with Crippen LogP contribution in [0.3, 0.4) is 0 Å². The number of hydrogen-bond acceptors (Lipinski definition) is 1. The first kappa shape index (κ1) is 8.72. The first-order valence-corrected chi connectivity index (χ1v) is 4.49. The van der Waals surface area contributed by atoms with Crippen molar-refractivity contribution in [3.63, 3.8) is 0 Å². The number of carbonyl (C=O) groups is 1. The molecule has 1 heterocycles. The van der Waals surface area contributed by atoms with Gasteiger partial charge in [0.25, 0.3) is 0 Å². The summed E-state index contributed by atoms with van der Waals surface area (Å²) >= 11 is 0. The predicted molar refractivity (Wildman–Crippen MR) is 45.2 cm³/mol. The van der Waals surface area contributed by atoms with E-state index in [1.165, 1.54) is 19.6 Å². The van der Waals surface area contributed by atoms with E-state index in [0.29, 0.717) is 5.92 Å². The van der Waals surface area contributed by atoms with Gasteiger partial charge in [-0.25, -0.2) is 0 Å². The summed E-state index contributed by atoms with van der Waals surface area (Å²) in [5.74, 6) is 0.354. The Morgan fingerprint density at radius 1 is 1.45 bits per heavy atom.